The Morgan fingerprint density at radius 1 is 1.32 bits per heavy atom. The molecule has 0 radical (unpaired) electrons. The van der Waals surface area contributed by atoms with Gasteiger partial charge in [0.25, 0.3) is 0 Å². The van der Waals surface area contributed by atoms with Crippen molar-refractivity contribution in [2.45, 2.75) is 45.3 Å². The molecular formula is C16H26N2O. The number of anilines is 1. The lowest BCUT2D eigenvalue weighted by molar-refractivity contribution is 0.165. The largest absolute Gasteiger partial charge is 0.390 e. The fraction of sp³-hybridized carbons (Fsp3) is 0.625. The predicted molar refractivity (Wildman–Crippen MR) is 80.7 cm³/mol. The topological polar surface area (TPSA) is 35.5 Å². The summed E-state index contributed by atoms with van der Waals surface area (Å²) in [6, 6.07) is 8.54. The molecule has 1 unspecified atom stereocenters. The molecule has 1 aromatic rings. The highest BCUT2D eigenvalue weighted by molar-refractivity contribution is 5.55. The van der Waals surface area contributed by atoms with Crippen LogP contribution in [-0.4, -0.2) is 36.4 Å². The molecule has 0 saturated heterocycles. The Kier molecular flexibility index (Phi) is 4.48. The van der Waals surface area contributed by atoms with Crippen molar-refractivity contribution in [1.82, 2.24) is 5.32 Å². The molecule has 0 spiro atoms. The number of benzene rings is 1. The Balaban J connectivity index is 1.93. The minimum Gasteiger partial charge on any atom is -0.390 e. The van der Waals surface area contributed by atoms with Crippen LogP contribution in [0.4, 0.5) is 5.69 Å². The second-order valence-electron chi connectivity index (χ2n) is 6.46. The van der Waals surface area contributed by atoms with E-state index in [4.69, 9.17) is 0 Å². The summed E-state index contributed by atoms with van der Waals surface area (Å²) in [5.41, 5.74) is 2.76. The SMILES string of the molecule is CC(C)(C)NCC(O)CN1CCCc2ccccc21. The third-order valence-corrected chi connectivity index (χ3v) is 3.51. The molecule has 3 nitrogen and oxygen atoms in total. The van der Waals surface area contributed by atoms with Gasteiger partial charge < -0.3 is 15.3 Å². The van der Waals surface area contributed by atoms with Crippen molar-refractivity contribution in [3.8, 4) is 0 Å². The zero-order chi connectivity index (χ0) is 13.9. The molecule has 19 heavy (non-hydrogen) atoms. The summed E-state index contributed by atoms with van der Waals surface area (Å²) in [5, 5.41) is 13.5. The minimum atomic E-state index is -0.328. The average molecular weight is 262 g/mol. The molecule has 0 aliphatic carbocycles. The first-order chi connectivity index (χ1) is 8.96. The van der Waals surface area contributed by atoms with E-state index >= 15 is 0 Å². The Labute approximate surface area is 116 Å². The first kappa shape index (κ1) is 14.4. The maximum atomic E-state index is 10.2. The lowest BCUT2D eigenvalue weighted by Crippen LogP contribution is -2.45. The summed E-state index contributed by atoms with van der Waals surface area (Å²) in [6.45, 7) is 8.76. The molecule has 1 aliphatic heterocycles. The van der Waals surface area contributed by atoms with Crippen LogP contribution in [0.1, 0.15) is 32.8 Å². The summed E-state index contributed by atoms with van der Waals surface area (Å²) >= 11 is 0. The zero-order valence-corrected chi connectivity index (χ0v) is 12.3. The van der Waals surface area contributed by atoms with Gasteiger partial charge in [-0.05, 0) is 45.2 Å². The van der Waals surface area contributed by atoms with E-state index < -0.39 is 0 Å². The van der Waals surface area contributed by atoms with Gasteiger partial charge in [0.1, 0.15) is 0 Å². The molecule has 0 fully saturated rings. The molecule has 0 amide bonds. The van der Waals surface area contributed by atoms with Crippen molar-refractivity contribution in [3.05, 3.63) is 29.8 Å². The third-order valence-electron chi connectivity index (χ3n) is 3.51. The Morgan fingerprint density at radius 2 is 2.05 bits per heavy atom. The number of aliphatic hydroxyl groups is 1. The average Bonchev–Trinajstić information content (AvgIpc) is 2.36. The van der Waals surface area contributed by atoms with Crippen molar-refractivity contribution in [2.75, 3.05) is 24.5 Å². The fourth-order valence-electron chi connectivity index (χ4n) is 2.54. The lowest BCUT2D eigenvalue weighted by Gasteiger charge is -2.33. The van der Waals surface area contributed by atoms with E-state index in [0.29, 0.717) is 13.1 Å². The van der Waals surface area contributed by atoms with Crippen LogP contribution in [0.5, 0.6) is 0 Å². The summed E-state index contributed by atoms with van der Waals surface area (Å²) in [7, 11) is 0. The van der Waals surface area contributed by atoms with Crippen LogP contribution >= 0.6 is 0 Å². The molecule has 0 bridgehead atoms. The van der Waals surface area contributed by atoms with Crippen LogP contribution in [0.25, 0.3) is 0 Å². The molecule has 1 heterocycles. The number of para-hydroxylation sites is 1. The van der Waals surface area contributed by atoms with E-state index in [9.17, 15) is 5.11 Å². The molecule has 3 heteroatoms. The summed E-state index contributed by atoms with van der Waals surface area (Å²) < 4.78 is 0. The smallest absolute Gasteiger partial charge is 0.0839 e. The van der Waals surface area contributed by atoms with Crippen LogP contribution in [0.3, 0.4) is 0 Å². The van der Waals surface area contributed by atoms with Gasteiger partial charge >= 0.3 is 0 Å². The van der Waals surface area contributed by atoms with Crippen molar-refractivity contribution < 1.29 is 5.11 Å². The van der Waals surface area contributed by atoms with Crippen LogP contribution in [0.15, 0.2) is 24.3 Å². The van der Waals surface area contributed by atoms with E-state index in [1.165, 1.54) is 17.7 Å². The summed E-state index contributed by atoms with van der Waals surface area (Å²) in [5.74, 6) is 0. The number of fused-ring (bicyclic) bond motifs is 1. The number of nitrogens with one attached hydrogen (secondary N) is 1. The first-order valence-corrected chi connectivity index (χ1v) is 7.22. The Morgan fingerprint density at radius 3 is 2.79 bits per heavy atom. The van der Waals surface area contributed by atoms with Crippen LogP contribution in [0.2, 0.25) is 0 Å². The van der Waals surface area contributed by atoms with Crippen molar-refractivity contribution >= 4 is 5.69 Å². The van der Waals surface area contributed by atoms with E-state index in [2.05, 4.69) is 55.3 Å². The highest BCUT2D eigenvalue weighted by Crippen LogP contribution is 2.26. The molecule has 2 rings (SSSR count). The summed E-state index contributed by atoms with van der Waals surface area (Å²) in [6.07, 6.45) is 2.00. The molecule has 106 valence electrons. The highest BCUT2D eigenvalue weighted by Gasteiger charge is 2.19. The van der Waals surface area contributed by atoms with Gasteiger partial charge in [0, 0.05) is 30.9 Å². The van der Waals surface area contributed by atoms with Gasteiger partial charge in [0.05, 0.1) is 6.10 Å². The second-order valence-corrected chi connectivity index (χ2v) is 6.46. The second kappa shape index (κ2) is 5.93. The van der Waals surface area contributed by atoms with Crippen molar-refractivity contribution in [1.29, 1.82) is 0 Å². The van der Waals surface area contributed by atoms with Crippen LogP contribution in [-0.2, 0) is 6.42 Å². The predicted octanol–water partition coefficient (Wildman–Crippen LogP) is 2.19. The summed E-state index contributed by atoms with van der Waals surface area (Å²) in [4.78, 5) is 2.31. The molecule has 0 aromatic heterocycles. The maximum absolute atomic E-state index is 10.2. The van der Waals surface area contributed by atoms with E-state index in [0.717, 1.165) is 13.0 Å². The maximum Gasteiger partial charge on any atom is 0.0839 e. The number of aliphatic hydroxyl groups excluding tert-OH is 1. The molecule has 0 saturated carbocycles. The zero-order valence-electron chi connectivity index (χ0n) is 12.3. The third kappa shape index (κ3) is 4.22. The van der Waals surface area contributed by atoms with Crippen LogP contribution < -0.4 is 10.2 Å². The fourth-order valence-corrected chi connectivity index (χ4v) is 2.54. The lowest BCUT2D eigenvalue weighted by atomic mass is 10.0. The van der Waals surface area contributed by atoms with Gasteiger partial charge in [-0.2, -0.15) is 0 Å². The van der Waals surface area contributed by atoms with Crippen molar-refractivity contribution in [2.24, 2.45) is 0 Å². The van der Waals surface area contributed by atoms with Gasteiger partial charge in [0.2, 0.25) is 0 Å². The molecule has 1 aliphatic rings. The molecule has 1 atom stereocenters. The van der Waals surface area contributed by atoms with E-state index in [1.807, 2.05) is 0 Å². The standard InChI is InChI=1S/C16H26N2O/c1-16(2,3)17-11-14(19)12-18-10-6-8-13-7-4-5-9-15(13)18/h4-5,7,9,14,17,19H,6,8,10-12H2,1-3H3. The number of β-amino-alcohol motifs (C(OH)–C–C–N with tert-alkyl or cyclic N) is 1. The minimum absolute atomic E-state index is 0.0563. The number of aryl methyl sites for hydroxylation is 1. The first-order valence-electron chi connectivity index (χ1n) is 7.22. The number of nitrogens with zero attached hydrogens (tertiary/aromatic N) is 1. The van der Waals surface area contributed by atoms with Gasteiger partial charge in [-0.25, -0.2) is 0 Å². The molecule has 1 aromatic carbocycles. The Hall–Kier alpha value is -1.06. The van der Waals surface area contributed by atoms with Crippen molar-refractivity contribution in [3.63, 3.8) is 0 Å². The highest BCUT2D eigenvalue weighted by atomic mass is 16.3. The van der Waals surface area contributed by atoms with Gasteiger partial charge in [0.15, 0.2) is 0 Å². The molecular weight excluding hydrogens is 236 g/mol. The Bertz CT molecular complexity index is 411. The number of hydrogen-bond donors (Lipinski definition) is 2. The van der Waals surface area contributed by atoms with E-state index in [1.54, 1.807) is 0 Å². The monoisotopic (exact) mass is 262 g/mol. The molecule has 2 N–H and O–H groups in total. The van der Waals surface area contributed by atoms with Gasteiger partial charge in [-0.15, -0.1) is 0 Å². The quantitative estimate of drug-likeness (QED) is 0.873. The normalized spacial score (nSPS) is 17.2. The van der Waals surface area contributed by atoms with E-state index in [-0.39, 0.29) is 11.6 Å². The number of hydrogen-bond acceptors (Lipinski definition) is 3. The van der Waals surface area contributed by atoms with Crippen LogP contribution in [0, 0.1) is 0 Å². The number of rotatable bonds is 4. The van der Waals surface area contributed by atoms with Gasteiger partial charge in [-0.3, -0.25) is 0 Å². The van der Waals surface area contributed by atoms with Gasteiger partial charge in [-0.1, -0.05) is 18.2 Å².